The lowest BCUT2D eigenvalue weighted by atomic mass is 9.66. The van der Waals surface area contributed by atoms with Gasteiger partial charge in [-0.2, -0.15) is 0 Å². The van der Waals surface area contributed by atoms with Gasteiger partial charge in [0.25, 0.3) is 0 Å². The molecule has 1 aliphatic carbocycles. The number of nitrogens with one attached hydrogen (secondary N) is 1. The van der Waals surface area contributed by atoms with Gasteiger partial charge in [-0.25, -0.2) is 0 Å². The second-order valence-corrected chi connectivity index (χ2v) is 6.79. The summed E-state index contributed by atoms with van der Waals surface area (Å²) in [5.74, 6) is 2.26. The van der Waals surface area contributed by atoms with Crippen molar-refractivity contribution in [3.8, 4) is 0 Å². The number of ether oxygens (including phenoxy) is 1. The average Bonchev–Trinajstić information content (AvgIpc) is 2.23. The van der Waals surface area contributed by atoms with Crippen LogP contribution in [0, 0.1) is 17.8 Å². The zero-order chi connectivity index (χ0) is 12.6. The molecule has 0 aromatic carbocycles. The van der Waals surface area contributed by atoms with E-state index in [1.54, 1.807) is 0 Å². The Kier molecular flexibility index (Phi) is 3.84. The third-order valence-corrected chi connectivity index (χ3v) is 4.99. The first-order valence-corrected chi connectivity index (χ1v) is 7.36. The predicted molar refractivity (Wildman–Crippen MR) is 72.1 cm³/mol. The van der Waals surface area contributed by atoms with Gasteiger partial charge >= 0.3 is 0 Å². The van der Waals surface area contributed by atoms with Crippen LogP contribution in [0.4, 0.5) is 0 Å². The van der Waals surface area contributed by atoms with Crippen molar-refractivity contribution in [3.05, 3.63) is 0 Å². The molecule has 1 spiro atoms. The lowest BCUT2D eigenvalue weighted by Gasteiger charge is -2.53. The number of hydrogen-bond donors (Lipinski definition) is 1. The number of morpholine rings is 1. The van der Waals surface area contributed by atoms with E-state index in [1.807, 2.05) is 0 Å². The Labute approximate surface area is 107 Å². The monoisotopic (exact) mass is 239 g/mol. The Bertz CT molecular complexity index is 266. The van der Waals surface area contributed by atoms with E-state index in [9.17, 15) is 0 Å². The molecule has 0 aromatic rings. The molecule has 2 rings (SSSR count). The zero-order valence-electron chi connectivity index (χ0n) is 12.1. The van der Waals surface area contributed by atoms with Gasteiger partial charge in [0.2, 0.25) is 0 Å². The lowest BCUT2D eigenvalue weighted by Crippen LogP contribution is -2.63. The van der Waals surface area contributed by atoms with Gasteiger partial charge < -0.3 is 10.1 Å². The molecule has 100 valence electrons. The smallest absolute Gasteiger partial charge is 0.0843 e. The van der Waals surface area contributed by atoms with Crippen LogP contribution in [0.25, 0.3) is 0 Å². The molecule has 1 saturated heterocycles. The normalized spacial score (nSPS) is 47.6. The van der Waals surface area contributed by atoms with E-state index in [0.29, 0.717) is 12.1 Å². The zero-order valence-corrected chi connectivity index (χ0v) is 12.1. The van der Waals surface area contributed by atoms with Crippen molar-refractivity contribution in [2.45, 2.75) is 71.6 Å². The maximum Gasteiger partial charge on any atom is 0.0843 e. The first kappa shape index (κ1) is 13.4. The van der Waals surface area contributed by atoms with Gasteiger partial charge in [0.1, 0.15) is 0 Å². The SMILES string of the molecule is CC1CCC(C(C)C)C2(CNC(C)C(C)O2)C1. The van der Waals surface area contributed by atoms with Crippen LogP contribution in [0.1, 0.15) is 53.9 Å². The van der Waals surface area contributed by atoms with Gasteiger partial charge in [-0.15, -0.1) is 0 Å². The Morgan fingerprint density at radius 2 is 1.88 bits per heavy atom. The molecule has 0 bridgehead atoms. The molecule has 0 amide bonds. The second kappa shape index (κ2) is 4.89. The maximum atomic E-state index is 6.51. The highest BCUT2D eigenvalue weighted by Gasteiger charge is 2.48. The molecule has 2 aliphatic rings. The van der Waals surface area contributed by atoms with Gasteiger partial charge in [0.05, 0.1) is 11.7 Å². The molecule has 2 heteroatoms. The van der Waals surface area contributed by atoms with Crippen LogP contribution in [-0.4, -0.2) is 24.3 Å². The highest BCUT2D eigenvalue weighted by Crippen LogP contribution is 2.45. The molecular formula is C15H29NO. The highest BCUT2D eigenvalue weighted by atomic mass is 16.5. The minimum atomic E-state index is 0.109. The molecule has 1 aliphatic heterocycles. The largest absolute Gasteiger partial charge is 0.369 e. The highest BCUT2D eigenvalue weighted by molar-refractivity contribution is 5.00. The topological polar surface area (TPSA) is 21.3 Å². The minimum Gasteiger partial charge on any atom is -0.369 e. The summed E-state index contributed by atoms with van der Waals surface area (Å²) in [5, 5.41) is 3.67. The van der Waals surface area contributed by atoms with Crippen LogP contribution in [0.3, 0.4) is 0 Å². The van der Waals surface area contributed by atoms with Crippen LogP contribution in [0.15, 0.2) is 0 Å². The summed E-state index contributed by atoms with van der Waals surface area (Å²) < 4.78 is 6.51. The number of rotatable bonds is 1. The third kappa shape index (κ3) is 2.53. The van der Waals surface area contributed by atoms with Gasteiger partial charge in [-0.1, -0.05) is 27.2 Å². The average molecular weight is 239 g/mol. The quantitative estimate of drug-likeness (QED) is 0.758. The molecule has 2 nitrogen and oxygen atoms in total. The van der Waals surface area contributed by atoms with E-state index in [2.05, 4.69) is 39.9 Å². The fraction of sp³-hybridized carbons (Fsp3) is 1.00. The van der Waals surface area contributed by atoms with Crippen molar-refractivity contribution in [1.82, 2.24) is 5.32 Å². The van der Waals surface area contributed by atoms with Crippen LogP contribution in [-0.2, 0) is 4.74 Å². The van der Waals surface area contributed by atoms with Crippen molar-refractivity contribution in [1.29, 1.82) is 0 Å². The minimum absolute atomic E-state index is 0.109. The van der Waals surface area contributed by atoms with Gasteiger partial charge in [0.15, 0.2) is 0 Å². The summed E-state index contributed by atoms with van der Waals surface area (Å²) in [6.07, 6.45) is 4.29. The first-order valence-electron chi connectivity index (χ1n) is 7.36. The third-order valence-electron chi connectivity index (χ3n) is 4.99. The van der Waals surface area contributed by atoms with Crippen molar-refractivity contribution >= 4 is 0 Å². The van der Waals surface area contributed by atoms with Gasteiger partial charge in [0, 0.05) is 12.6 Å². The van der Waals surface area contributed by atoms with Crippen molar-refractivity contribution in [2.75, 3.05) is 6.54 Å². The molecule has 1 heterocycles. The molecule has 0 aromatic heterocycles. The summed E-state index contributed by atoms with van der Waals surface area (Å²) in [6.45, 7) is 12.6. The molecule has 17 heavy (non-hydrogen) atoms. The molecule has 1 N–H and O–H groups in total. The molecular weight excluding hydrogens is 210 g/mol. The van der Waals surface area contributed by atoms with Gasteiger partial charge in [-0.3, -0.25) is 0 Å². The van der Waals surface area contributed by atoms with Crippen LogP contribution in [0.2, 0.25) is 0 Å². The summed E-state index contributed by atoms with van der Waals surface area (Å²) in [6, 6.07) is 0.491. The first-order chi connectivity index (χ1) is 7.94. The Hall–Kier alpha value is -0.0800. The Morgan fingerprint density at radius 3 is 2.47 bits per heavy atom. The van der Waals surface area contributed by atoms with E-state index < -0.39 is 0 Å². The molecule has 0 radical (unpaired) electrons. The summed E-state index contributed by atoms with van der Waals surface area (Å²) in [4.78, 5) is 0. The van der Waals surface area contributed by atoms with Crippen molar-refractivity contribution in [2.24, 2.45) is 17.8 Å². The predicted octanol–water partition coefficient (Wildman–Crippen LogP) is 3.21. The van der Waals surface area contributed by atoms with E-state index >= 15 is 0 Å². The summed E-state index contributed by atoms with van der Waals surface area (Å²) >= 11 is 0. The fourth-order valence-corrected chi connectivity index (χ4v) is 3.86. The maximum absolute atomic E-state index is 6.51. The van der Waals surface area contributed by atoms with Crippen LogP contribution < -0.4 is 5.32 Å². The van der Waals surface area contributed by atoms with Crippen molar-refractivity contribution < 1.29 is 4.74 Å². The molecule has 1 saturated carbocycles. The molecule has 5 unspecified atom stereocenters. The standard InChI is InChI=1S/C15H29NO/c1-10(2)14-7-6-11(3)8-15(14)9-16-12(4)13(5)17-15/h10-14,16H,6-9H2,1-5H3. The number of hydrogen-bond acceptors (Lipinski definition) is 2. The summed E-state index contributed by atoms with van der Waals surface area (Å²) in [5.41, 5.74) is 0.109. The Balaban J connectivity index is 2.18. The second-order valence-electron chi connectivity index (χ2n) is 6.79. The molecule has 5 atom stereocenters. The summed E-state index contributed by atoms with van der Waals surface area (Å²) in [7, 11) is 0. The van der Waals surface area contributed by atoms with E-state index in [0.717, 1.165) is 24.3 Å². The Morgan fingerprint density at radius 1 is 1.18 bits per heavy atom. The van der Waals surface area contributed by atoms with Gasteiger partial charge in [-0.05, 0) is 44.4 Å². The van der Waals surface area contributed by atoms with Crippen molar-refractivity contribution in [3.63, 3.8) is 0 Å². The lowest BCUT2D eigenvalue weighted by molar-refractivity contribution is -0.186. The van der Waals surface area contributed by atoms with E-state index in [1.165, 1.54) is 19.3 Å². The molecule has 2 fully saturated rings. The van der Waals surface area contributed by atoms with Crippen LogP contribution in [0.5, 0.6) is 0 Å². The van der Waals surface area contributed by atoms with E-state index in [4.69, 9.17) is 4.74 Å². The van der Waals surface area contributed by atoms with Crippen LogP contribution >= 0.6 is 0 Å². The fourth-order valence-electron chi connectivity index (χ4n) is 3.86. The van der Waals surface area contributed by atoms with E-state index in [-0.39, 0.29) is 5.60 Å².